The van der Waals surface area contributed by atoms with Crippen LogP contribution < -0.4 is 19.3 Å². The monoisotopic (exact) mass is 430 g/mol. The van der Waals surface area contributed by atoms with Gasteiger partial charge in [-0.05, 0) is 36.4 Å². The summed E-state index contributed by atoms with van der Waals surface area (Å²) in [7, 11) is 1.59. The molecule has 3 aromatic carbocycles. The van der Waals surface area contributed by atoms with Gasteiger partial charge in [0.05, 0.1) is 30.9 Å². The highest BCUT2D eigenvalue weighted by Crippen LogP contribution is 2.35. The Hall–Kier alpha value is -3.80. The minimum absolute atomic E-state index is 0.0376. The van der Waals surface area contributed by atoms with Gasteiger partial charge in [-0.1, -0.05) is 49.4 Å². The minimum atomic E-state index is -0.360. The molecule has 1 aliphatic rings. The standard InChI is InChI=1S/C26H26N2O4/c1-19-18-28(26(30)20-10-4-3-5-11-20)22-13-7-6-12-21(22)27(25(19)29)16-17-32-24-15-9-8-14-23(24)31-2/h3-15,19H,16-18H2,1-2H3. The van der Waals surface area contributed by atoms with Gasteiger partial charge >= 0.3 is 0 Å². The molecule has 0 aliphatic carbocycles. The normalized spacial score (nSPS) is 15.7. The molecule has 0 saturated carbocycles. The van der Waals surface area contributed by atoms with Gasteiger partial charge in [0.2, 0.25) is 5.91 Å². The van der Waals surface area contributed by atoms with Crippen molar-refractivity contribution < 1.29 is 19.1 Å². The van der Waals surface area contributed by atoms with E-state index in [0.717, 1.165) is 5.69 Å². The summed E-state index contributed by atoms with van der Waals surface area (Å²) in [5.74, 6) is 0.748. The molecule has 0 aromatic heterocycles. The fourth-order valence-corrected chi connectivity index (χ4v) is 3.90. The van der Waals surface area contributed by atoms with Crippen molar-refractivity contribution in [3.8, 4) is 11.5 Å². The molecule has 1 heterocycles. The maximum Gasteiger partial charge on any atom is 0.258 e. The highest BCUT2D eigenvalue weighted by atomic mass is 16.5. The molecular weight excluding hydrogens is 404 g/mol. The number of carbonyl (C=O) groups is 2. The van der Waals surface area contributed by atoms with Crippen molar-refractivity contribution in [1.29, 1.82) is 0 Å². The zero-order chi connectivity index (χ0) is 22.5. The number of ether oxygens (including phenoxy) is 2. The number of nitrogens with zero attached hydrogens (tertiary/aromatic N) is 2. The minimum Gasteiger partial charge on any atom is -0.493 e. The van der Waals surface area contributed by atoms with Crippen LogP contribution in [0.15, 0.2) is 78.9 Å². The summed E-state index contributed by atoms with van der Waals surface area (Å²) in [6, 6.07) is 24.1. The molecule has 0 saturated heterocycles. The summed E-state index contributed by atoms with van der Waals surface area (Å²) in [5, 5.41) is 0. The molecular formula is C26H26N2O4. The van der Waals surface area contributed by atoms with Crippen LogP contribution in [0, 0.1) is 5.92 Å². The fraction of sp³-hybridized carbons (Fsp3) is 0.231. The summed E-state index contributed by atoms with van der Waals surface area (Å²) < 4.78 is 11.2. The average molecular weight is 431 g/mol. The van der Waals surface area contributed by atoms with Crippen LogP contribution in [0.25, 0.3) is 0 Å². The SMILES string of the molecule is COc1ccccc1OCCN1C(=O)C(C)CN(C(=O)c2ccccc2)c2ccccc21. The quantitative estimate of drug-likeness (QED) is 0.582. The van der Waals surface area contributed by atoms with E-state index in [-0.39, 0.29) is 17.7 Å². The van der Waals surface area contributed by atoms with Crippen LogP contribution in [-0.4, -0.2) is 38.6 Å². The Kier molecular flexibility index (Phi) is 6.40. The van der Waals surface area contributed by atoms with Gasteiger partial charge in [0.25, 0.3) is 5.91 Å². The lowest BCUT2D eigenvalue weighted by Crippen LogP contribution is -2.39. The molecule has 0 N–H and O–H groups in total. The highest BCUT2D eigenvalue weighted by molar-refractivity contribution is 6.11. The van der Waals surface area contributed by atoms with E-state index in [0.29, 0.717) is 42.4 Å². The molecule has 4 rings (SSSR count). The third-order valence-electron chi connectivity index (χ3n) is 5.51. The van der Waals surface area contributed by atoms with E-state index < -0.39 is 0 Å². The lowest BCUT2D eigenvalue weighted by molar-refractivity contribution is -0.121. The van der Waals surface area contributed by atoms with Crippen LogP contribution in [-0.2, 0) is 4.79 Å². The van der Waals surface area contributed by atoms with E-state index in [4.69, 9.17) is 9.47 Å². The number of para-hydroxylation sites is 4. The summed E-state index contributed by atoms with van der Waals surface area (Å²) in [4.78, 5) is 30.0. The Balaban J connectivity index is 1.61. The topological polar surface area (TPSA) is 59.1 Å². The van der Waals surface area contributed by atoms with Gasteiger partial charge in [0, 0.05) is 12.1 Å². The van der Waals surface area contributed by atoms with Gasteiger partial charge in [-0.3, -0.25) is 9.59 Å². The second-order valence-corrected chi connectivity index (χ2v) is 7.66. The van der Waals surface area contributed by atoms with Crippen molar-refractivity contribution >= 4 is 23.2 Å². The Morgan fingerprint density at radius 3 is 2.25 bits per heavy atom. The molecule has 0 fully saturated rings. The molecule has 2 amide bonds. The average Bonchev–Trinajstić information content (AvgIpc) is 2.94. The van der Waals surface area contributed by atoms with Crippen LogP contribution in [0.4, 0.5) is 11.4 Å². The number of amides is 2. The number of carbonyl (C=O) groups excluding carboxylic acids is 2. The van der Waals surface area contributed by atoms with Crippen LogP contribution in [0.1, 0.15) is 17.3 Å². The smallest absolute Gasteiger partial charge is 0.258 e. The van der Waals surface area contributed by atoms with E-state index in [1.807, 2.05) is 73.7 Å². The van der Waals surface area contributed by atoms with Gasteiger partial charge in [-0.25, -0.2) is 0 Å². The lowest BCUT2D eigenvalue weighted by atomic mass is 10.1. The zero-order valence-corrected chi connectivity index (χ0v) is 18.2. The second-order valence-electron chi connectivity index (χ2n) is 7.66. The predicted octanol–water partition coefficient (Wildman–Crippen LogP) is 4.40. The van der Waals surface area contributed by atoms with E-state index in [1.165, 1.54) is 0 Å². The first-order valence-corrected chi connectivity index (χ1v) is 10.6. The van der Waals surface area contributed by atoms with Gasteiger partial charge in [-0.2, -0.15) is 0 Å². The molecule has 1 unspecified atom stereocenters. The van der Waals surface area contributed by atoms with Gasteiger partial charge in [0.1, 0.15) is 6.61 Å². The van der Waals surface area contributed by atoms with Crippen LogP contribution in [0.2, 0.25) is 0 Å². The molecule has 6 heteroatoms. The third-order valence-corrected chi connectivity index (χ3v) is 5.51. The predicted molar refractivity (Wildman–Crippen MR) is 125 cm³/mol. The number of hydrogen-bond acceptors (Lipinski definition) is 4. The number of methoxy groups -OCH3 is 1. The number of anilines is 2. The zero-order valence-electron chi connectivity index (χ0n) is 18.2. The number of fused-ring (bicyclic) bond motifs is 1. The molecule has 1 aliphatic heterocycles. The molecule has 3 aromatic rings. The number of rotatable bonds is 6. The molecule has 1 atom stereocenters. The second kappa shape index (κ2) is 9.56. The van der Waals surface area contributed by atoms with Gasteiger partial charge in [0.15, 0.2) is 11.5 Å². The van der Waals surface area contributed by atoms with Gasteiger partial charge < -0.3 is 19.3 Å². The third kappa shape index (κ3) is 4.30. The van der Waals surface area contributed by atoms with Crippen molar-refractivity contribution in [2.75, 3.05) is 36.6 Å². The highest BCUT2D eigenvalue weighted by Gasteiger charge is 2.33. The Labute approximate surface area is 188 Å². The van der Waals surface area contributed by atoms with Gasteiger partial charge in [-0.15, -0.1) is 0 Å². The molecule has 6 nitrogen and oxygen atoms in total. The van der Waals surface area contributed by atoms with Crippen LogP contribution in [0.5, 0.6) is 11.5 Å². The first-order valence-electron chi connectivity index (χ1n) is 10.6. The molecule has 0 radical (unpaired) electrons. The summed E-state index contributed by atoms with van der Waals surface area (Å²) in [5.41, 5.74) is 2.01. The number of benzene rings is 3. The Morgan fingerprint density at radius 2 is 1.53 bits per heavy atom. The van der Waals surface area contributed by atoms with E-state index in [9.17, 15) is 9.59 Å². The summed E-state index contributed by atoms with van der Waals surface area (Å²) in [6.07, 6.45) is 0. The van der Waals surface area contributed by atoms with E-state index in [2.05, 4.69) is 0 Å². The van der Waals surface area contributed by atoms with E-state index >= 15 is 0 Å². The first kappa shape index (κ1) is 21.4. The largest absolute Gasteiger partial charge is 0.493 e. The van der Waals surface area contributed by atoms with Crippen LogP contribution >= 0.6 is 0 Å². The van der Waals surface area contributed by atoms with E-state index in [1.54, 1.807) is 29.0 Å². The van der Waals surface area contributed by atoms with Crippen molar-refractivity contribution in [2.24, 2.45) is 5.92 Å². The maximum absolute atomic E-state index is 13.3. The van der Waals surface area contributed by atoms with Crippen LogP contribution in [0.3, 0.4) is 0 Å². The lowest BCUT2D eigenvalue weighted by Gasteiger charge is -2.25. The molecule has 32 heavy (non-hydrogen) atoms. The molecule has 164 valence electrons. The Bertz CT molecular complexity index is 1100. The van der Waals surface area contributed by atoms with Crippen molar-refractivity contribution in [3.63, 3.8) is 0 Å². The first-order chi connectivity index (χ1) is 15.6. The maximum atomic E-state index is 13.3. The van der Waals surface area contributed by atoms with Crippen molar-refractivity contribution in [1.82, 2.24) is 0 Å². The van der Waals surface area contributed by atoms with Crippen molar-refractivity contribution in [2.45, 2.75) is 6.92 Å². The summed E-state index contributed by atoms with van der Waals surface area (Å²) >= 11 is 0. The molecule has 0 bridgehead atoms. The van der Waals surface area contributed by atoms with Crippen molar-refractivity contribution in [3.05, 3.63) is 84.4 Å². The summed E-state index contributed by atoms with van der Waals surface area (Å²) in [6.45, 7) is 2.81. The Morgan fingerprint density at radius 1 is 0.906 bits per heavy atom. The fourth-order valence-electron chi connectivity index (χ4n) is 3.90. The number of hydrogen-bond donors (Lipinski definition) is 0. The molecule has 0 spiro atoms.